The molecule has 4 bridgehead atoms. The minimum absolute atomic E-state index is 0.0678. The Kier molecular flexibility index (Phi) is 4.85. The van der Waals surface area contributed by atoms with Gasteiger partial charge in [0.25, 0.3) is 0 Å². The summed E-state index contributed by atoms with van der Waals surface area (Å²) in [7, 11) is 0. The van der Waals surface area contributed by atoms with Crippen LogP contribution in [0.25, 0.3) is 0 Å². The molecule has 0 aromatic carbocycles. The van der Waals surface area contributed by atoms with Crippen molar-refractivity contribution in [2.24, 2.45) is 23.2 Å². The molecule has 25 heavy (non-hydrogen) atoms. The van der Waals surface area contributed by atoms with E-state index in [0.717, 1.165) is 37.3 Å². The molecule has 0 aromatic rings. The summed E-state index contributed by atoms with van der Waals surface area (Å²) in [5.41, 5.74) is 1.52. The van der Waals surface area contributed by atoms with E-state index in [4.69, 9.17) is 0 Å². The number of hydrogen-bond donors (Lipinski definition) is 3. The lowest BCUT2D eigenvalue weighted by Crippen LogP contribution is -2.48. The molecule has 5 heteroatoms. The fraction of sp³-hybridized carbons (Fsp3) is 0.800. The molecule has 5 rings (SSSR count). The summed E-state index contributed by atoms with van der Waals surface area (Å²) in [5.74, 6) is 2.57. The van der Waals surface area contributed by atoms with E-state index in [9.17, 15) is 9.59 Å². The summed E-state index contributed by atoms with van der Waals surface area (Å²) in [6, 6.07) is 0. The lowest BCUT2D eigenvalue weighted by Gasteiger charge is -2.56. The van der Waals surface area contributed by atoms with Gasteiger partial charge in [0, 0.05) is 19.5 Å². The molecular weight excluding hydrogens is 314 g/mol. The van der Waals surface area contributed by atoms with Gasteiger partial charge in [0.05, 0.1) is 6.54 Å². The SMILES string of the molecule is O=C(CNC(=O)CC12CC3CC(CC(C3)C1)C2)NCC1=CCNCC1. The van der Waals surface area contributed by atoms with Crippen LogP contribution in [0.4, 0.5) is 0 Å². The Morgan fingerprint density at radius 3 is 2.32 bits per heavy atom. The van der Waals surface area contributed by atoms with Crippen LogP contribution in [0, 0.1) is 23.2 Å². The van der Waals surface area contributed by atoms with Crippen LogP contribution in [-0.2, 0) is 9.59 Å². The maximum Gasteiger partial charge on any atom is 0.239 e. The van der Waals surface area contributed by atoms with E-state index in [-0.39, 0.29) is 23.8 Å². The summed E-state index contributed by atoms with van der Waals surface area (Å²) in [6.07, 6.45) is 11.6. The first kappa shape index (κ1) is 17.1. The Hall–Kier alpha value is -1.36. The first-order valence-corrected chi connectivity index (χ1v) is 10.0. The van der Waals surface area contributed by atoms with E-state index in [0.29, 0.717) is 13.0 Å². The maximum atomic E-state index is 12.4. The molecule has 0 radical (unpaired) electrons. The molecule has 2 amide bonds. The summed E-state index contributed by atoms with van der Waals surface area (Å²) < 4.78 is 0. The van der Waals surface area contributed by atoms with Crippen molar-refractivity contribution in [3.8, 4) is 0 Å². The zero-order valence-corrected chi connectivity index (χ0v) is 15.1. The van der Waals surface area contributed by atoms with E-state index in [1.54, 1.807) is 0 Å². The number of carbonyl (C=O) groups excluding carboxylic acids is 2. The number of amides is 2. The van der Waals surface area contributed by atoms with Crippen LogP contribution in [0.2, 0.25) is 0 Å². The molecule has 4 aliphatic carbocycles. The third-order valence-corrected chi connectivity index (χ3v) is 6.82. The zero-order chi connectivity index (χ0) is 17.3. The molecule has 0 saturated heterocycles. The van der Waals surface area contributed by atoms with Gasteiger partial charge in [-0.1, -0.05) is 11.6 Å². The summed E-state index contributed by atoms with van der Waals surface area (Å²) in [6.45, 7) is 2.57. The highest BCUT2D eigenvalue weighted by atomic mass is 16.2. The summed E-state index contributed by atoms with van der Waals surface area (Å²) in [4.78, 5) is 24.4. The van der Waals surface area contributed by atoms with Gasteiger partial charge in [0.1, 0.15) is 0 Å². The minimum Gasteiger partial charge on any atom is -0.351 e. The first-order chi connectivity index (χ1) is 12.1. The number of rotatable bonds is 6. The smallest absolute Gasteiger partial charge is 0.239 e. The van der Waals surface area contributed by atoms with Crippen molar-refractivity contribution in [1.29, 1.82) is 0 Å². The van der Waals surface area contributed by atoms with Crippen molar-refractivity contribution in [2.45, 2.75) is 51.4 Å². The molecule has 5 nitrogen and oxygen atoms in total. The van der Waals surface area contributed by atoms with E-state index >= 15 is 0 Å². The quantitative estimate of drug-likeness (QED) is 0.642. The molecule has 0 spiro atoms. The van der Waals surface area contributed by atoms with Gasteiger partial charge < -0.3 is 16.0 Å². The van der Waals surface area contributed by atoms with Crippen LogP contribution >= 0.6 is 0 Å². The minimum atomic E-state index is -0.0849. The van der Waals surface area contributed by atoms with Crippen molar-refractivity contribution in [1.82, 2.24) is 16.0 Å². The molecule has 1 heterocycles. The molecule has 4 saturated carbocycles. The van der Waals surface area contributed by atoms with Crippen LogP contribution in [0.5, 0.6) is 0 Å². The van der Waals surface area contributed by atoms with Crippen molar-refractivity contribution < 1.29 is 9.59 Å². The average molecular weight is 345 g/mol. The van der Waals surface area contributed by atoms with E-state index < -0.39 is 0 Å². The van der Waals surface area contributed by atoms with Gasteiger partial charge in [-0.3, -0.25) is 9.59 Å². The predicted molar refractivity (Wildman–Crippen MR) is 96.8 cm³/mol. The fourth-order valence-electron chi connectivity index (χ4n) is 6.19. The maximum absolute atomic E-state index is 12.4. The molecule has 138 valence electrons. The van der Waals surface area contributed by atoms with Crippen molar-refractivity contribution >= 4 is 11.8 Å². The summed E-state index contributed by atoms with van der Waals surface area (Å²) >= 11 is 0. The van der Waals surface area contributed by atoms with Gasteiger partial charge in [-0.2, -0.15) is 0 Å². The average Bonchev–Trinajstić information content (AvgIpc) is 2.57. The molecule has 0 unspecified atom stereocenters. The fourth-order valence-corrected chi connectivity index (χ4v) is 6.19. The Morgan fingerprint density at radius 2 is 1.72 bits per heavy atom. The highest BCUT2D eigenvalue weighted by Crippen LogP contribution is 2.61. The van der Waals surface area contributed by atoms with Crippen molar-refractivity contribution in [3.05, 3.63) is 11.6 Å². The molecule has 0 aromatic heterocycles. The van der Waals surface area contributed by atoms with Gasteiger partial charge >= 0.3 is 0 Å². The normalized spacial score (nSPS) is 36.0. The van der Waals surface area contributed by atoms with Gasteiger partial charge in [-0.25, -0.2) is 0 Å². The van der Waals surface area contributed by atoms with Gasteiger partial charge in [-0.15, -0.1) is 0 Å². The molecule has 5 aliphatic rings. The lowest BCUT2D eigenvalue weighted by molar-refractivity contribution is -0.131. The van der Waals surface area contributed by atoms with Crippen LogP contribution < -0.4 is 16.0 Å². The van der Waals surface area contributed by atoms with Gasteiger partial charge in [-0.05, 0) is 74.7 Å². The van der Waals surface area contributed by atoms with Crippen LogP contribution in [0.3, 0.4) is 0 Å². The lowest BCUT2D eigenvalue weighted by atomic mass is 9.49. The van der Waals surface area contributed by atoms with Crippen LogP contribution in [-0.4, -0.2) is 38.0 Å². The second-order valence-corrected chi connectivity index (χ2v) is 8.96. The third kappa shape index (κ3) is 4.08. The van der Waals surface area contributed by atoms with Crippen molar-refractivity contribution in [3.63, 3.8) is 0 Å². The van der Waals surface area contributed by atoms with Gasteiger partial charge in [0.15, 0.2) is 0 Å². The topological polar surface area (TPSA) is 70.2 Å². The number of carbonyl (C=O) groups is 2. The number of nitrogens with one attached hydrogen (secondary N) is 3. The third-order valence-electron chi connectivity index (χ3n) is 6.82. The van der Waals surface area contributed by atoms with Crippen molar-refractivity contribution in [2.75, 3.05) is 26.2 Å². The molecule has 4 fully saturated rings. The molecule has 3 N–H and O–H groups in total. The standard InChI is InChI=1S/C20H31N3O2/c24-18(23-13-19(25)22-12-14-1-3-21-4-2-14)11-20-8-15-5-16(9-20)7-17(6-15)10-20/h1,15-17,21H,2-13H2,(H,22,25)(H,23,24). The van der Waals surface area contributed by atoms with E-state index in [1.807, 2.05) is 0 Å². The molecule has 0 atom stereocenters. The highest BCUT2D eigenvalue weighted by molar-refractivity contribution is 5.85. The van der Waals surface area contributed by atoms with Crippen LogP contribution in [0.15, 0.2) is 11.6 Å². The first-order valence-electron chi connectivity index (χ1n) is 10.0. The van der Waals surface area contributed by atoms with Crippen LogP contribution in [0.1, 0.15) is 51.4 Å². The molecule has 1 aliphatic heterocycles. The molecular formula is C20H31N3O2. The predicted octanol–water partition coefficient (Wildman–Crippen LogP) is 1.74. The second kappa shape index (κ2) is 7.10. The highest BCUT2D eigenvalue weighted by Gasteiger charge is 2.51. The second-order valence-electron chi connectivity index (χ2n) is 8.96. The zero-order valence-electron chi connectivity index (χ0n) is 15.1. The van der Waals surface area contributed by atoms with Gasteiger partial charge in [0.2, 0.25) is 11.8 Å². The van der Waals surface area contributed by atoms with E-state index in [2.05, 4.69) is 22.0 Å². The van der Waals surface area contributed by atoms with E-state index in [1.165, 1.54) is 44.1 Å². The Bertz CT molecular complexity index is 534. The Morgan fingerprint density at radius 1 is 1.04 bits per heavy atom. The Labute approximate surface area is 150 Å². The monoisotopic (exact) mass is 345 g/mol. The summed E-state index contributed by atoms with van der Waals surface area (Å²) in [5, 5.41) is 9.04. The largest absolute Gasteiger partial charge is 0.351 e. The Balaban J connectivity index is 1.20. The number of hydrogen-bond acceptors (Lipinski definition) is 3.